The molecule has 0 bridgehead atoms. The highest BCUT2D eigenvalue weighted by molar-refractivity contribution is 6.31. The lowest BCUT2D eigenvalue weighted by Gasteiger charge is -2.11. The summed E-state index contributed by atoms with van der Waals surface area (Å²) >= 11 is 6.26. The van der Waals surface area contributed by atoms with Crippen LogP contribution in [0, 0.1) is 5.82 Å². The van der Waals surface area contributed by atoms with Gasteiger partial charge in [-0.05, 0) is 31.7 Å². The maximum atomic E-state index is 13.6. The minimum absolute atomic E-state index is 0.235. The number of hydrogen-bond acceptors (Lipinski definition) is 2. The Labute approximate surface area is 122 Å². The molecule has 3 nitrogen and oxygen atoms in total. The molecule has 1 fully saturated rings. The summed E-state index contributed by atoms with van der Waals surface area (Å²) in [5, 5.41) is 4.62. The van der Waals surface area contributed by atoms with Crippen molar-refractivity contribution in [2.45, 2.75) is 38.3 Å². The van der Waals surface area contributed by atoms with Gasteiger partial charge in [-0.2, -0.15) is 5.10 Å². The molecule has 0 atom stereocenters. The molecule has 1 aromatic heterocycles. The Morgan fingerprint density at radius 1 is 1.30 bits per heavy atom. The number of halogens is 2. The van der Waals surface area contributed by atoms with Gasteiger partial charge in [-0.1, -0.05) is 29.8 Å². The highest BCUT2D eigenvalue weighted by atomic mass is 35.5. The topological polar surface area (TPSA) is 27.1 Å². The maximum Gasteiger partial charge on any atom is 0.176 e. The fraction of sp³-hybridized carbons (Fsp3) is 0.400. The van der Waals surface area contributed by atoms with Crippen LogP contribution in [-0.4, -0.2) is 15.9 Å². The Morgan fingerprint density at radius 3 is 2.80 bits per heavy atom. The van der Waals surface area contributed by atoms with Crippen LogP contribution in [0.25, 0.3) is 0 Å². The molecule has 106 valence electrons. The largest absolute Gasteiger partial charge is 0.486 e. The van der Waals surface area contributed by atoms with E-state index in [0.717, 1.165) is 12.8 Å². The van der Waals surface area contributed by atoms with Crippen LogP contribution in [0.3, 0.4) is 0 Å². The predicted octanol–water partition coefficient (Wildman–Crippen LogP) is 4.05. The van der Waals surface area contributed by atoms with E-state index >= 15 is 0 Å². The van der Waals surface area contributed by atoms with Crippen molar-refractivity contribution in [2.75, 3.05) is 0 Å². The maximum absolute atomic E-state index is 13.6. The lowest BCUT2D eigenvalue weighted by Crippen LogP contribution is -2.11. The van der Waals surface area contributed by atoms with Gasteiger partial charge in [0.2, 0.25) is 0 Å². The molecule has 1 heterocycles. The standard InChI is InChI=1S/C15H16ClFN2O/c16-15-14(20-12-6-2-3-7-12)9-18-19(15)10-11-5-1-4-8-13(11)17/h1,4-5,8-9,12H,2-3,6-7,10H2. The van der Waals surface area contributed by atoms with E-state index in [2.05, 4.69) is 5.10 Å². The highest BCUT2D eigenvalue weighted by Crippen LogP contribution is 2.30. The number of rotatable bonds is 4. The van der Waals surface area contributed by atoms with E-state index in [4.69, 9.17) is 16.3 Å². The second-order valence-corrected chi connectivity index (χ2v) is 5.43. The van der Waals surface area contributed by atoms with Gasteiger partial charge in [-0.3, -0.25) is 0 Å². The van der Waals surface area contributed by atoms with Gasteiger partial charge in [-0.15, -0.1) is 0 Å². The van der Waals surface area contributed by atoms with Gasteiger partial charge in [0.05, 0.1) is 18.8 Å². The van der Waals surface area contributed by atoms with Crippen molar-refractivity contribution in [3.05, 3.63) is 47.0 Å². The van der Waals surface area contributed by atoms with Crippen LogP contribution in [0.1, 0.15) is 31.2 Å². The molecule has 0 amide bonds. The fourth-order valence-electron chi connectivity index (χ4n) is 2.52. The van der Waals surface area contributed by atoms with Gasteiger partial charge in [0.15, 0.2) is 10.9 Å². The summed E-state index contributed by atoms with van der Waals surface area (Å²) in [7, 11) is 0. The Hall–Kier alpha value is -1.55. The van der Waals surface area contributed by atoms with Crippen molar-refractivity contribution in [3.63, 3.8) is 0 Å². The molecule has 0 N–H and O–H groups in total. The first kappa shape index (κ1) is 13.4. The van der Waals surface area contributed by atoms with Crippen molar-refractivity contribution in [1.82, 2.24) is 9.78 Å². The molecule has 1 saturated carbocycles. The molecule has 0 radical (unpaired) electrons. The summed E-state index contributed by atoms with van der Waals surface area (Å²) in [5.74, 6) is 0.340. The number of nitrogens with zero attached hydrogens (tertiary/aromatic N) is 2. The van der Waals surface area contributed by atoms with E-state index in [1.165, 1.54) is 18.9 Å². The first-order chi connectivity index (χ1) is 9.74. The second kappa shape index (κ2) is 5.83. The third-order valence-corrected chi connectivity index (χ3v) is 4.00. The van der Waals surface area contributed by atoms with Gasteiger partial charge >= 0.3 is 0 Å². The lowest BCUT2D eigenvalue weighted by molar-refractivity contribution is 0.210. The molecule has 1 aliphatic rings. The monoisotopic (exact) mass is 294 g/mol. The Kier molecular flexibility index (Phi) is 3.92. The number of aromatic nitrogens is 2. The first-order valence-corrected chi connectivity index (χ1v) is 7.23. The van der Waals surface area contributed by atoms with Gasteiger partial charge in [0, 0.05) is 5.56 Å². The molecular weight excluding hydrogens is 279 g/mol. The number of ether oxygens (including phenoxy) is 1. The summed E-state index contributed by atoms with van der Waals surface area (Å²) in [6.07, 6.45) is 6.38. The van der Waals surface area contributed by atoms with Crippen molar-refractivity contribution in [2.24, 2.45) is 0 Å². The van der Waals surface area contributed by atoms with Gasteiger partial charge < -0.3 is 4.74 Å². The summed E-state index contributed by atoms with van der Waals surface area (Å²) in [5.41, 5.74) is 0.560. The minimum atomic E-state index is -0.252. The molecule has 2 aromatic rings. The van der Waals surface area contributed by atoms with E-state index in [1.54, 1.807) is 29.1 Å². The van der Waals surface area contributed by atoms with E-state index in [9.17, 15) is 4.39 Å². The predicted molar refractivity (Wildman–Crippen MR) is 75.6 cm³/mol. The van der Waals surface area contributed by atoms with Crippen molar-refractivity contribution >= 4 is 11.6 Å². The quantitative estimate of drug-likeness (QED) is 0.851. The number of benzene rings is 1. The molecule has 0 saturated heterocycles. The first-order valence-electron chi connectivity index (χ1n) is 6.85. The van der Waals surface area contributed by atoms with Crippen LogP contribution in [0.4, 0.5) is 4.39 Å². The zero-order valence-electron chi connectivity index (χ0n) is 11.1. The van der Waals surface area contributed by atoms with Crippen molar-refractivity contribution in [1.29, 1.82) is 0 Å². The normalized spacial score (nSPS) is 15.7. The van der Waals surface area contributed by atoms with Crippen LogP contribution >= 0.6 is 11.6 Å². The number of hydrogen-bond donors (Lipinski definition) is 0. The summed E-state index contributed by atoms with van der Waals surface area (Å²) < 4.78 is 21.0. The summed E-state index contributed by atoms with van der Waals surface area (Å²) in [6, 6.07) is 6.62. The molecule has 5 heteroatoms. The average molecular weight is 295 g/mol. The molecular formula is C15H16ClFN2O. The van der Waals surface area contributed by atoms with E-state index in [1.807, 2.05) is 0 Å². The second-order valence-electron chi connectivity index (χ2n) is 5.07. The smallest absolute Gasteiger partial charge is 0.176 e. The van der Waals surface area contributed by atoms with Crippen LogP contribution in [0.5, 0.6) is 5.75 Å². The SMILES string of the molecule is Fc1ccccc1Cn1ncc(OC2CCCC2)c1Cl. The Bertz CT molecular complexity index is 593. The average Bonchev–Trinajstić information content (AvgIpc) is 3.06. The third-order valence-electron chi connectivity index (χ3n) is 3.62. The zero-order chi connectivity index (χ0) is 13.9. The van der Waals surface area contributed by atoms with Crippen LogP contribution in [0.15, 0.2) is 30.5 Å². The summed E-state index contributed by atoms with van der Waals surface area (Å²) in [6.45, 7) is 0.305. The van der Waals surface area contributed by atoms with Gasteiger partial charge in [0.1, 0.15) is 5.82 Å². The molecule has 0 aliphatic heterocycles. The van der Waals surface area contributed by atoms with E-state index in [0.29, 0.717) is 23.0 Å². The van der Waals surface area contributed by atoms with Crippen LogP contribution in [0.2, 0.25) is 5.15 Å². The fourth-order valence-corrected chi connectivity index (χ4v) is 2.71. The minimum Gasteiger partial charge on any atom is -0.486 e. The molecule has 20 heavy (non-hydrogen) atoms. The van der Waals surface area contributed by atoms with Crippen LogP contribution in [-0.2, 0) is 6.54 Å². The molecule has 3 rings (SSSR count). The van der Waals surface area contributed by atoms with E-state index in [-0.39, 0.29) is 11.9 Å². The van der Waals surface area contributed by atoms with Gasteiger partial charge in [0.25, 0.3) is 0 Å². The molecule has 1 aromatic carbocycles. The third kappa shape index (κ3) is 2.80. The molecule has 0 spiro atoms. The molecule has 0 unspecified atom stereocenters. The van der Waals surface area contributed by atoms with E-state index < -0.39 is 0 Å². The highest BCUT2D eigenvalue weighted by Gasteiger charge is 2.20. The lowest BCUT2D eigenvalue weighted by atomic mass is 10.2. The van der Waals surface area contributed by atoms with Gasteiger partial charge in [-0.25, -0.2) is 9.07 Å². The van der Waals surface area contributed by atoms with Crippen molar-refractivity contribution < 1.29 is 9.13 Å². The molecule has 1 aliphatic carbocycles. The Balaban J connectivity index is 1.74. The van der Waals surface area contributed by atoms with Crippen LogP contribution < -0.4 is 4.74 Å². The zero-order valence-corrected chi connectivity index (χ0v) is 11.8. The Morgan fingerprint density at radius 2 is 2.05 bits per heavy atom. The van der Waals surface area contributed by atoms with Crippen molar-refractivity contribution in [3.8, 4) is 5.75 Å². The summed E-state index contributed by atoms with van der Waals surface area (Å²) in [4.78, 5) is 0.